The number of nitrogens with one attached hydrogen (secondary N) is 1. The third kappa shape index (κ3) is 4.27. The van der Waals surface area contributed by atoms with E-state index in [9.17, 15) is 0 Å². The SMILES string of the molecule is CC1CCNC(C(C)(C)C)CN1Cc1cncc(Br)c1. The molecule has 0 radical (unpaired) electrons. The lowest BCUT2D eigenvalue weighted by Crippen LogP contribution is -2.47. The maximum Gasteiger partial charge on any atom is 0.0410 e. The predicted molar refractivity (Wildman–Crippen MR) is 87.7 cm³/mol. The zero-order chi connectivity index (χ0) is 14.8. The molecule has 1 aromatic rings. The first kappa shape index (κ1) is 15.9. The highest BCUT2D eigenvalue weighted by Gasteiger charge is 2.30. The Morgan fingerprint density at radius 1 is 1.40 bits per heavy atom. The van der Waals surface area contributed by atoms with E-state index in [1.54, 1.807) is 0 Å². The van der Waals surface area contributed by atoms with Crippen LogP contribution in [0.15, 0.2) is 22.9 Å². The van der Waals surface area contributed by atoms with Crippen molar-refractivity contribution in [1.29, 1.82) is 0 Å². The lowest BCUT2D eigenvalue weighted by molar-refractivity contribution is 0.157. The third-order valence-electron chi connectivity index (χ3n) is 4.19. The molecule has 1 aliphatic heterocycles. The molecule has 1 N–H and O–H groups in total. The van der Waals surface area contributed by atoms with Gasteiger partial charge in [0.15, 0.2) is 0 Å². The van der Waals surface area contributed by atoms with E-state index in [0.717, 1.165) is 24.1 Å². The van der Waals surface area contributed by atoms with Crippen molar-refractivity contribution in [3.63, 3.8) is 0 Å². The Morgan fingerprint density at radius 2 is 2.15 bits per heavy atom. The van der Waals surface area contributed by atoms with Crippen LogP contribution in [0.4, 0.5) is 0 Å². The molecule has 0 bridgehead atoms. The number of hydrogen-bond acceptors (Lipinski definition) is 3. The maximum absolute atomic E-state index is 4.28. The summed E-state index contributed by atoms with van der Waals surface area (Å²) in [6, 6.07) is 3.31. The number of halogens is 1. The van der Waals surface area contributed by atoms with Gasteiger partial charge in [0.2, 0.25) is 0 Å². The van der Waals surface area contributed by atoms with Crippen molar-refractivity contribution < 1.29 is 0 Å². The van der Waals surface area contributed by atoms with Gasteiger partial charge in [-0.3, -0.25) is 9.88 Å². The van der Waals surface area contributed by atoms with E-state index < -0.39 is 0 Å². The van der Waals surface area contributed by atoms with Crippen LogP contribution in [0.2, 0.25) is 0 Å². The summed E-state index contributed by atoms with van der Waals surface area (Å²) in [5, 5.41) is 3.71. The second kappa shape index (κ2) is 6.54. The van der Waals surface area contributed by atoms with Crippen molar-refractivity contribution in [1.82, 2.24) is 15.2 Å². The molecule has 2 rings (SSSR count). The number of pyridine rings is 1. The molecule has 0 aliphatic carbocycles. The molecule has 2 heterocycles. The molecule has 2 atom stereocenters. The van der Waals surface area contributed by atoms with Gasteiger partial charge in [-0.05, 0) is 52.9 Å². The number of nitrogens with zero attached hydrogens (tertiary/aromatic N) is 2. The first-order chi connectivity index (χ1) is 9.36. The van der Waals surface area contributed by atoms with Crippen LogP contribution in [-0.4, -0.2) is 35.1 Å². The van der Waals surface area contributed by atoms with E-state index in [-0.39, 0.29) is 5.41 Å². The van der Waals surface area contributed by atoms with Crippen LogP contribution in [0.3, 0.4) is 0 Å². The molecule has 112 valence electrons. The Kier molecular flexibility index (Phi) is 5.21. The van der Waals surface area contributed by atoms with Crippen LogP contribution in [0.5, 0.6) is 0 Å². The normalized spacial score (nSPS) is 25.4. The summed E-state index contributed by atoms with van der Waals surface area (Å²) in [4.78, 5) is 6.86. The fourth-order valence-electron chi connectivity index (χ4n) is 2.71. The minimum atomic E-state index is 0.290. The minimum absolute atomic E-state index is 0.290. The van der Waals surface area contributed by atoms with Crippen LogP contribution in [0.1, 0.15) is 39.7 Å². The summed E-state index contributed by atoms with van der Waals surface area (Å²) in [5.74, 6) is 0. The fourth-order valence-corrected chi connectivity index (χ4v) is 3.12. The molecule has 20 heavy (non-hydrogen) atoms. The lowest BCUT2D eigenvalue weighted by Gasteiger charge is -2.35. The maximum atomic E-state index is 4.28. The number of aromatic nitrogens is 1. The van der Waals surface area contributed by atoms with Crippen LogP contribution >= 0.6 is 15.9 Å². The molecule has 1 fully saturated rings. The quantitative estimate of drug-likeness (QED) is 0.894. The number of rotatable bonds is 2. The monoisotopic (exact) mass is 339 g/mol. The van der Waals surface area contributed by atoms with Crippen LogP contribution in [0, 0.1) is 5.41 Å². The number of hydrogen-bond donors (Lipinski definition) is 1. The van der Waals surface area contributed by atoms with Gasteiger partial charge in [-0.15, -0.1) is 0 Å². The van der Waals surface area contributed by atoms with Gasteiger partial charge >= 0.3 is 0 Å². The average Bonchev–Trinajstić information content (AvgIpc) is 2.52. The highest BCUT2D eigenvalue weighted by Crippen LogP contribution is 2.24. The lowest BCUT2D eigenvalue weighted by atomic mass is 9.86. The highest BCUT2D eigenvalue weighted by molar-refractivity contribution is 9.10. The molecular formula is C16H26BrN3. The zero-order valence-electron chi connectivity index (χ0n) is 13.0. The van der Waals surface area contributed by atoms with Gasteiger partial charge in [-0.25, -0.2) is 0 Å². The van der Waals surface area contributed by atoms with E-state index in [4.69, 9.17) is 0 Å². The Morgan fingerprint density at radius 3 is 2.80 bits per heavy atom. The van der Waals surface area contributed by atoms with Crippen LogP contribution in [-0.2, 0) is 6.54 Å². The molecule has 2 unspecified atom stereocenters. The minimum Gasteiger partial charge on any atom is -0.312 e. The standard InChI is InChI=1S/C16H26BrN3/c1-12-5-6-19-15(16(2,3)4)11-20(12)10-13-7-14(17)9-18-8-13/h7-9,12,15,19H,5-6,10-11H2,1-4H3. The Labute approximate surface area is 131 Å². The van der Waals surface area contributed by atoms with Gasteiger partial charge in [0, 0.05) is 42.0 Å². The van der Waals surface area contributed by atoms with Gasteiger partial charge in [0.25, 0.3) is 0 Å². The first-order valence-electron chi connectivity index (χ1n) is 7.43. The predicted octanol–water partition coefficient (Wildman–Crippen LogP) is 3.44. The van der Waals surface area contributed by atoms with Gasteiger partial charge in [-0.1, -0.05) is 20.8 Å². The molecule has 3 nitrogen and oxygen atoms in total. The summed E-state index contributed by atoms with van der Waals surface area (Å²) < 4.78 is 1.06. The molecule has 1 aliphatic rings. The molecule has 4 heteroatoms. The van der Waals surface area contributed by atoms with E-state index in [1.165, 1.54) is 12.0 Å². The van der Waals surface area contributed by atoms with Gasteiger partial charge < -0.3 is 5.32 Å². The second-order valence-corrected chi connectivity index (χ2v) is 7.87. The fraction of sp³-hybridized carbons (Fsp3) is 0.688. The topological polar surface area (TPSA) is 28.2 Å². The van der Waals surface area contributed by atoms with E-state index in [1.807, 2.05) is 12.4 Å². The Bertz CT molecular complexity index is 442. The van der Waals surface area contributed by atoms with Crippen molar-refractivity contribution in [3.8, 4) is 0 Å². The molecule has 1 aromatic heterocycles. The molecule has 0 spiro atoms. The van der Waals surface area contributed by atoms with Crippen LogP contribution in [0.25, 0.3) is 0 Å². The Hall–Kier alpha value is -0.450. The molecule has 1 saturated heterocycles. The van der Waals surface area contributed by atoms with Crippen molar-refractivity contribution >= 4 is 15.9 Å². The highest BCUT2D eigenvalue weighted by atomic mass is 79.9. The van der Waals surface area contributed by atoms with Gasteiger partial charge in [-0.2, -0.15) is 0 Å². The zero-order valence-corrected chi connectivity index (χ0v) is 14.6. The Balaban J connectivity index is 2.11. The average molecular weight is 340 g/mol. The van der Waals surface area contributed by atoms with E-state index in [0.29, 0.717) is 12.1 Å². The summed E-state index contributed by atoms with van der Waals surface area (Å²) in [7, 11) is 0. The summed E-state index contributed by atoms with van der Waals surface area (Å²) in [5.41, 5.74) is 1.57. The smallest absolute Gasteiger partial charge is 0.0410 e. The van der Waals surface area contributed by atoms with Crippen molar-refractivity contribution in [2.24, 2.45) is 5.41 Å². The summed E-state index contributed by atoms with van der Waals surface area (Å²) >= 11 is 3.51. The third-order valence-corrected chi connectivity index (χ3v) is 4.62. The van der Waals surface area contributed by atoms with Crippen molar-refractivity contribution in [3.05, 3.63) is 28.5 Å². The van der Waals surface area contributed by atoms with Gasteiger partial charge in [0.05, 0.1) is 0 Å². The van der Waals surface area contributed by atoms with Crippen LogP contribution < -0.4 is 5.32 Å². The first-order valence-corrected chi connectivity index (χ1v) is 8.22. The second-order valence-electron chi connectivity index (χ2n) is 6.95. The summed E-state index contributed by atoms with van der Waals surface area (Å²) in [6.45, 7) is 12.5. The van der Waals surface area contributed by atoms with E-state index in [2.05, 4.69) is 64.9 Å². The molecule has 0 amide bonds. The largest absolute Gasteiger partial charge is 0.312 e. The summed E-state index contributed by atoms with van der Waals surface area (Å²) in [6.07, 6.45) is 5.02. The van der Waals surface area contributed by atoms with Crippen molar-refractivity contribution in [2.75, 3.05) is 13.1 Å². The van der Waals surface area contributed by atoms with E-state index >= 15 is 0 Å². The van der Waals surface area contributed by atoms with Crippen molar-refractivity contribution in [2.45, 2.75) is 52.7 Å². The molecular weight excluding hydrogens is 314 g/mol. The molecule has 0 aromatic carbocycles. The molecule has 0 saturated carbocycles. The van der Waals surface area contributed by atoms with Gasteiger partial charge in [0.1, 0.15) is 0 Å².